The average molecular weight is 155 g/mol. The average Bonchev–Trinajstić information content (AvgIpc) is 2.06. The molecule has 1 aliphatic rings. The summed E-state index contributed by atoms with van der Waals surface area (Å²) in [6.45, 7) is 4.37. The van der Waals surface area contributed by atoms with E-state index in [2.05, 4.69) is 12.0 Å². The molecule has 0 amide bonds. The quantitative estimate of drug-likeness (QED) is 0.598. The van der Waals surface area contributed by atoms with E-state index in [0.29, 0.717) is 6.61 Å². The lowest BCUT2D eigenvalue weighted by Crippen LogP contribution is -2.38. The number of hydrogen-bond donors (Lipinski definition) is 1. The van der Waals surface area contributed by atoms with Gasteiger partial charge in [0.1, 0.15) is 6.01 Å². The first-order chi connectivity index (χ1) is 5.36. The zero-order chi connectivity index (χ0) is 8.10. The molecule has 11 heavy (non-hydrogen) atoms. The van der Waals surface area contributed by atoms with Gasteiger partial charge in [-0.05, 0) is 6.42 Å². The lowest BCUT2D eigenvalue weighted by molar-refractivity contribution is -0.0285. The summed E-state index contributed by atoms with van der Waals surface area (Å²) in [5.41, 5.74) is 0. The molecule has 1 aliphatic heterocycles. The topological polar surface area (TPSA) is 48.7 Å². The molecule has 0 aromatic carbocycles. The monoisotopic (exact) mass is 155 g/mol. The van der Waals surface area contributed by atoms with Gasteiger partial charge in [-0.1, -0.05) is 6.92 Å². The van der Waals surface area contributed by atoms with Gasteiger partial charge in [-0.3, -0.25) is 5.01 Å². The van der Waals surface area contributed by atoms with Crippen LogP contribution in [0.2, 0.25) is 0 Å². The highest BCUT2D eigenvalue weighted by atomic mass is 16.5. The molecule has 1 atom stereocenters. The third-order valence-electron chi connectivity index (χ3n) is 1.76. The number of nitrogens with one attached hydrogen (secondary N) is 1. The highest BCUT2D eigenvalue weighted by Gasteiger charge is 2.16. The first kappa shape index (κ1) is 8.24. The van der Waals surface area contributed by atoms with E-state index in [1.165, 1.54) is 0 Å². The molecule has 0 bridgehead atoms. The maximum Gasteiger partial charge on any atom is 0.111 e. The lowest BCUT2D eigenvalue weighted by Gasteiger charge is -2.29. The molecule has 0 aromatic rings. The molecule has 1 saturated heterocycles. The molecule has 0 aromatic heterocycles. The van der Waals surface area contributed by atoms with E-state index in [1.54, 1.807) is 0 Å². The Morgan fingerprint density at radius 2 is 2.64 bits per heavy atom. The molecule has 1 heterocycles. The van der Waals surface area contributed by atoms with Gasteiger partial charge in [0.15, 0.2) is 0 Å². The molecule has 0 aliphatic carbocycles. The van der Waals surface area contributed by atoms with Crippen molar-refractivity contribution in [3.05, 3.63) is 0 Å². The van der Waals surface area contributed by atoms with Crippen molar-refractivity contribution in [3.8, 4) is 0 Å². The second-order valence-electron chi connectivity index (χ2n) is 2.53. The van der Waals surface area contributed by atoms with Crippen LogP contribution in [0.25, 0.3) is 0 Å². The van der Waals surface area contributed by atoms with Gasteiger partial charge in [0.25, 0.3) is 0 Å². The summed E-state index contributed by atoms with van der Waals surface area (Å²) in [5, 5.41) is 12.2. The Hall–Kier alpha value is -0.860. The standard InChI is InChI=1S/C7H13N3O/c1-2-7-5-10(9-6-8)3-4-11-7/h7-8H,2-5H2,1H3. The fourth-order valence-electron chi connectivity index (χ4n) is 1.11. The molecule has 4 nitrogen and oxygen atoms in total. The number of hydrazone groups is 1. The Bertz CT molecular complexity index is 165. The minimum atomic E-state index is 0.279. The molecular formula is C7H13N3O. The third-order valence-corrected chi connectivity index (χ3v) is 1.76. The van der Waals surface area contributed by atoms with Gasteiger partial charge in [0.05, 0.1) is 25.8 Å². The molecule has 1 fully saturated rings. The Balaban J connectivity index is 2.38. The van der Waals surface area contributed by atoms with E-state index < -0.39 is 0 Å². The molecule has 4 heteroatoms. The number of hydrogen-bond acceptors (Lipinski definition) is 4. The number of morpholine rings is 1. The summed E-state index contributed by atoms with van der Waals surface area (Å²) in [7, 11) is 0. The van der Waals surface area contributed by atoms with Gasteiger partial charge >= 0.3 is 0 Å². The molecular weight excluding hydrogens is 142 g/mol. The Morgan fingerprint density at radius 3 is 3.27 bits per heavy atom. The van der Waals surface area contributed by atoms with Gasteiger partial charge in [-0.25, -0.2) is 5.41 Å². The van der Waals surface area contributed by atoms with Crippen LogP contribution in [0.15, 0.2) is 5.10 Å². The molecule has 0 saturated carbocycles. The normalized spacial score (nSPS) is 24.5. The molecule has 0 spiro atoms. The van der Waals surface area contributed by atoms with Crippen molar-refractivity contribution in [2.75, 3.05) is 19.7 Å². The molecule has 1 rings (SSSR count). The largest absolute Gasteiger partial charge is 0.374 e. The van der Waals surface area contributed by atoms with Crippen molar-refractivity contribution in [3.63, 3.8) is 0 Å². The summed E-state index contributed by atoms with van der Waals surface area (Å²) in [6, 6.07) is 2.03. The summed E-state index contributed by atoms with van der Waals surface area (Å²) in [6.07, 6.45) is 1.28. The first-order valence-corrected chi connectivity index (χ1v) is 3.85. The van der Waals surface area contributed by atoms with E-state index in [9.17, 15) is 0 Å². The van der Waals surface area contributed by atoms with E-state index in [-0.39, 0.29) is 6.10 Å². The minimum absolute atomic E-state index is 0.279. The van der Waals surface area contributed by atoms with Gasteiger partial charge in [0, 0.05) is 0 Å². The Labute approximate surface area is 66.3 Å². The number of nitrogens with zero attached hydrogens (tertiary/aromatic N) is 2. The van der Waals surface area contributed by atoms with Crippen LogP contribution in [0, 0.1) is 5.41 Å². The summed E-state index contributed by atoms with van der Waals surface area (Å²) < 4.78 is 5.41. The Morgan fingerprint density at radius 1 is 1.82 bits per heavy atom. The summed E-state index contributed by atoms with van der Waals surface area (Å²) in [4.78, 5) is 0. The van der Waals surface area contributed by atoms with Gasteiger partial charge in [0.2, 0.25) is 0 Å². The van der Waals surface area contributed by atoms with Crippen molar-refractivity contribution in [1.82, 2.24) is 5.01 Å². The van der Waals surface area contributed by atoms with Crippen molar-refractivity contribution in [2.24, 2.45) is 5.10 Å². The minimum Gasteiger partial charge on any atom is -0.374 e. The van der Waals surface area contributed by atoms with Crippen LogP contribution >= 0.6 is 0 Å². The van der Waals surface area contributed by atoms with Gasteiger partial charge in [-0.15, -0.1) is 5.10 Å². The first-order valence-electron chi connectivity index (χ1n) is 3.85. The fraction of sp³-hybridized carbons (Fsp3) is 0.857. The Kier molecular flexibility index (Phi) is 3.08. The van der Waals surface area contributed by atoms with E-state index >= 15 is 0 Å². The number of rotatable bonds is 2. The highest BCUT2D eigenvalue weighted by Crippen LogP contribution is 2.07. The number of ether oxygens (including phenoxy) is 1. The predicted molar refractivity (Wildman–Crippen MR) is 41.8 cm³/mol. The fourth-order valence-corrected chi connectivity index (χ4v) is 1.11. The zero-order valence-electron chi connectivity index (χ0n) is 6.71. The van der Waals surface area contributed by atoms with Crippen LogP contribution in [0.5, 0.6) is 0 Å². The summed E-state index contributed by atoms with van der Waals surface area (Å²) in [5.74, 6) is 0. The molecule has 1 N–H and O–H groups in total. The van der Waals surface area contributed by atoms with E-state index in [0.717, 1.165) is 19.5 Å². The second-order valence-corrected chi connectivity index (χ2v) is 2.53. The highest BCUT2D eigenvalue weighted by molar-refractivity contribution is 5.35. The van der Waals surface area contributed by atoms with Crippen molar-refractivity contribution in [1.29, 1.82) is 5.41 Å². The van der Waals surface area contributed by atoms with Crippen LogP contribution in [0.1, 0.15) is 13.3 Å². The third kappa shape index (κ3) is 2.33. The van der Waals surface area contributed by atoms with Crippen LogP contribution in [0.4, 0.5) is 0 Å². The van der Waals surface area contributed by atoms with Crippen molar-refractivity contribution >= 4 is 6.01 Å². The van der Waals surface area contributed by atoms with Gasteiger partial charge < -0.3 is 4.74 Å². The van der Waals surface area contributed by atoms with Crippen LogP contribution in [0.3, 0.4) is 0 Å². The SMILES string of the molecule is CCC1CN(N=C=N)CCO1. The molecule has 1 unspecified atom stereocenters. The maximum atomic E-state index is 6.66. The van der Waals surface area contributed by atoms with Crippen LogP contribution in [-0.2, 0) is 4.74 Å². The van der Waals surface area contributed by atoms with Crippen LogP contribution in [-0.4, -0.2) is 36.8 Å². The summed E-state index contributed by atoms with van der Waals surface area (Å²) >= 11 is 0. The van der Waals surface area contributed by atoms with Crippen molar-refractivity contribution in [2.45, 2.75) is 19.4 Å². The maximum absolute atomic E-state index is 6.66. The van der Waals surface area contributed by atoms with Crippen molar-refractivity contribution < 1.29 is 4.74 Å². The van der Waals surface area contributed by atoms with Crippen LogP contribution < -0.4 is 0 Å². The van der Waals surface area contributed by atoms with Gasteiger partial charge in [-0.2, -0.15) is 0 Å². The molecule has 62 valence electrons. The van der Waals surface area contributed by atoms with E-state index in [1.807, 2.05) is 11.0 Å². The second kappa shape index (κ2) is 4.11. The predicted octanol–water partition coefficient (Wildman–Crippen LogP) is 0.765. The molecule has 0 radical (unpaired) electrons. The zero-order valence-corrected chi connectivity index (χ0v) is 6.71. The smallest absolute Gasteiger partial charge is 0.111 e. The lowest BCUT2D eigenvalue weighted by atomic mass is 10.2. The van der Waals surface area contributed by atoms with E-state index in [4.69, 9.17) is 10.1 Å².